The molecule has 0 saturated carbocycles. The van der Waals surface area contributed by atoms with Crippen LogP contribution in [-0.2, 0) is 9.59 Å². The number of benzene rings is 2. The van der Waals surface area contributed by atoms with Crippen molar-refractivity contribution in [1.29, 1.82) is 0 Å². The summed E-state index contributed by atoms with van der Waals surface area (Å²) >= 11 is 3.43. The molecule has 3 rings (SSSR count). The standard InChI is InChI=1S/C21H19BrO4/c1-3-15(20(24)13-7-5-4-6-8-13)19-16-11-14(22)9-10-17(16)26-21(25)18(19)12(2)23/h4-11,15,18-19H,3H2,1-2H3/t15-,18+,19-/m0/s1. The molecule has 1 heterocycles. The van der Waals surface area contributed by atoms with Gasteiger partial charge in [-0.05, 0) is 31.5 Å². The molecule has 1 aliphatic rings. The van der Waals surface area contributed by atoms with E-state index in [4.69, 9.17) is 4.74 Å². The molecular weight excluding hydrogens is 396 g/mol. The lowest BCUT2D eigenvalue weighted by Crippen LogP contribution is -2.41. The Bertz CT molecular complexity index is 860. The van der Waals surface area contributed by atoms with Gasteiger partial charge in [0, 0.05) is 27.4 Å². The molecule has 0 aromatic heterocycles. The summed E-state index contributed by atoms with van der Waals surface area (Å²) in [5, 5.41) is 0. The van der Waals surface area contributed by atoms with Gasteiger partial charge in [0.05, 0.1) is 0 Å². The highest BCUT2D eigenvalue weighted by molar-refractivity contribution is 9.10. The third-order valence-electron chi connectivity index (χ3n) is 4.86. The van der Waals surface area contributed by atoms with Crippen molar-refractivity contribution in [2.45, 2.75) is 26.2 Å². The highest BCUT2D eigenvalue weighted by atomic mass is 79.9. The Morgan fingerprint density at radius 3 is 2.46 bits per heavy atom. The number of rotatable bonds is 5. The Kier molecular flexibility index (Phi) is 5.37. The van der Waals surface area contributed by atoms with Gasteiger partial charge in [-0.2, -0.15) is 0 Å². The lowest BCUT2D eigenvalue weighted by atomic mass is 9.70. The van der Waals surface area contributed by atoms with E-state index in [1.54, 1.807) is 24.3 Å². The zero-order valence-corrected chi connectivity index (χ0v) is 16.2. The number of carbonyl (C=O) groups is 3. The second kappa shape index (κ2) is 7.54. The van der Waals surface area contributed by atoms with E-state index < -0.39 is 23.7 Å². The van der Waals surface area contributed by atoms with Crippen LogP contribution in [0.4, 0.5) is 0 Å². The summed E-state index contributed by atoms with van der Waals surface area (Å²) in [6.07, 6.45) is 0.515. The lowest BCUT2D eigenvalue weighted by molar-refractivity contribution is -0.146. The van der Waals surface area contributed by atoms with Crippen LogP contribution in [0, 0.1) is 11.8 Å². The number of Topliss-reactive ketones (excluding diaryl/α,β-unsaturated/α-hetero) is 2. The summed E-state index contributed by atoms with van der Waals surface area (Å²) in [5.74, 6) is -2.54. The predicted octanol–water partition coefficient (Wildman–Crippen LogP) is 4.57. The number of halogens is 1. The van der Waals surface area contributed by atoms with Crippen molar-refractivity contribution < 1.29 is 19.1 Å². The van der Waals surface area contributed by atoms with Crippen LogP contribution in [0.3, 0.4) is 0 Å². The zero-order valence-electron chi connectivity index (χ0n) is 14.6. The fraction of sp³-hybridized carbons (Fsp3) is 0.286. The molecule has 0 radical (unpaired) electrons. The molecule has 0 saturated heterocycles. The van der Waals surface area contributed by atoms with Gasteiger partial charge < -0.3 is 4.74 Å². The first-order chi connectivity index (χ1) is 12.4. The monoisotopic (exact) mass is 414 g/mol. The van der Waals surface area contributed by atoms with E-state index in [0.29, 0.717) is 17.7 Å². The van der Waals surface area contributed by atoms with Gasteiger partial charge in [0.15, 0.2) is 5.78 Å². The minimum absolute atomic E-state index is 0.0648. The summed E-state index contributed by atoms with van der Waals surface area (Å²) in [7, 11) is 0. The molecule has 0 aliphatic carbocycles. The van der Waals surface area contributed by atoms with E-state index in [9.17, 15) is 14.4 Å². The van der Waals surface area contributed by atoms with Gasteiger partial charge in [-0.3, -0.25) is 14.4 Å². The first-order valence-electron chi connectivity index (χ1n) is 8.55. The minimum atomic E-state index is -0.977. The molecule has 2 aromatic rings. The van der Waals surface area contributed by atoms with Crippen LogP contribution in [-0.4, -0.2) is 17.5 Å². The SMILES string of the molecule is CC[C@H](C(=O)c1ccccc1)[C@H]1c2cc(Br)ccc2OC(=O)[C@@H]1C(C)=O. The van der Waals surface area contributed by atoms with Crippen LogP contribution < -0.4 is 4.74 Å². The van der Waals surface area contributed by atoms with Gasteiger partial charge in [0.2, 0.25) is 0 Å². The molecular formula is C21H19BrO4. The normalized spacial score (nSPS) is 20.0. The van der Waals surface area contributed by atoms with Crippen LogP contribution >= 0.6 is 15.9 Å². The average molecular weight is 415 g/mol. The smallest absolute Gasteiger partial charge is 0.322 e. The van der Waals surface area contributed by atoms with Crippen LogP contribution in [0.2, 0.25) is 0 Å². The van der Waals surface area contributed by atoms with Crippen molar-refractivity contribution in [2.75, 3.05) is 0 Å². The fourth-order valence-electron chi connectivity index (χ4n) is 3.66. The van der Waals surface area contributed by atoms with E-state index in [1.165, 1.54) is 6.92 Å². The maximum Gasteiger partial charge on any atom is 0.322 e. The van der Waals surface area contributed by atoms with Crippen LogP contribution in [0.1, 0.15) is 42.1 Å². The highest BCUT2D eigenvalue weighted by Gasteiger charge is 2.46. The molecule has 1 aliphatic heterocycles. The molecule has 0 N–H and O–H groups in total. The molecule has 0 unspecified atom stereocenters. The van der Waals surface area contributed by atoms with Crippen LogP contribution in [0.15, 0.2) is 53.0 Å². The lowest BCUT2D eigenvalue weighted by Gasteiger charge is -2.35. The second-order valence-electron chi connectivity index (χ2n) is 6.46. The minimum Gasteiger partial charge on any atom is -0.426 e. The van der Waals surface area contributed by atoms with Crippen molar-refractivity contribution in [1.82, 2.24) is 0 Å². The Balaban J connectivity index is 2.14. The third kappa shape index (κ3) is 3.36. The zero-order chi connectivity index (χ0) is 18.8. The van der Waals surface area contributed by atoms with Crippen LogP contribution in [0.5, 0.6) is 5.75 Å². The van der Waals surface area contributed by atoms with Crippen molar-refractivity contribution in [3.05, 3.63) is 64.1 Å². The molecule has 5 heteroatoms. The fourth-order valence-corrected chi connectivity index (χ4v) is 4.04. The Morgan fingerprint density at radius 2 is 1.85 bits per heavy atom. The van der Waals surface area contributed by atoms with Crippen molar-refractivity contribution in [3.8, 4) is 5.75 Å². The maximum absolute atomic E-state index is 13.2. The van der Waals surface area contributed by atoms with Crippen molar-refractivity contribution in [3.63, 3.8) is 0 Å². The molecule has 0 bridgehead atoms. The van der Waals surface area contributed by atoms with E-state index in [1.807, 2.05) is 31.2 Å². The summed E-state index contributed by atoms with van der Waals surface area (Å²) in [4.78, 5) is 37.9. The molecule has 3 atom stereocenters. The average Bonchev–Trinajstić information content (AvgIpc) is 2.63. The largest absolute Gasteiger partial charge is 0.426 e. The number of esters is 1. The molecule has 4 nitrogen and oxygen atoms in total. The molecule has 2 aromatic carbocycles. The molecule has 0 fully saturated rings. The van der Waals surface area contributed by atoms with Gasteiger partial charge in [0.25, 0.3) is 0 Å². The van der Waals surface area contributed by atoms with Crippen LogP contribution in [0.25, 0.3) is 0 Å². The molecule has 26 heavy (non-hydrogen) atoms. The molecule has 0 spiro atoms. The van der Waals surface area contributed by atoms with E-state index >= 15 is 0 Å². The second-order valence-corrected chi connectivity index (χ2v) is 7.38. The number of ether oxygens (including phenoxy) is 1. The molecule has 0 amide bonds. The highest BCUT2D eigenvalue weighted by Crippen LogP contribution is 2.45. The van der Waals surface area contributed by atoms with Gasteiger partial charge in [-0.25, -0.2) is 0 Å². The quantitative estimate of drug-likeness (QED) is 0.311. The number of fused-ring (bicyclic) bond motifs is 1. The Morgan fingerprint density at radius 1 is 1.15 bits per heavy atom. The van der Waals surface area contributed by atoms with Crippen molar-refractivity contribution in [2.24, 2.45) is 11.8 Å². The molecule has 134 valence electrons. The van der Waals surface area contributed by atoms with Gasteiger partial charge in [-0.15, -0.1) is 0 Å². The summed E-state index contributed by atoms with van der Waals surface area (Å²) in [6, 6.07) is 14.3. The number of hydrogen-bond acceptors (Lipinski definition) is 4. The van der Waals surface area contributed by atoms with Gasteiger partial charge in [0.1, 0.15) is 17.5 Å². The first kappa shape index (κ1) is 18.5. The van der Waals surface area contributed by atoms with E-state index in [0.717, 1.165) is 10.0 Å². The number of carbonyl (C=O) groups excluding carboxylic acids is 3. The maximum atomic E-state index is 13.2. The predicted molar refractivity (Wildman–Crippen MR) is 101 cm³/mol. The Labute approximate surface area is 160 Å². The van der Waals surface area contributed by atoms with Gasteiger partial charge in [-0.1, -0.05) is 53.2 Å². The van der Waals surface area contributed by atoms with Gasteiger partial charge >= 0.3 is 5.97 Å². The first-order valence-corrected chi connectivity index (χ1v) is 9.34. The Hall–Kier alpha value is -2.27. The summed E-state index contributed by atoms with van der Waals surface area (Å²) < 4.78 is 6.19. The van der Waals surface area contributed by atoms with E-state index in [-0.39, 0.29) is 11.6 Å². The third-order valence-corrected chi connectivity index (χ3v) is 5.35. The summed E-state index contributed by atoms with van der Waals surface area (Å²) in [5.41, 5.74) is 1.30. The topological polar surface area (TPSA) is 60.4 Å². The number of hydrogen-bond donors (Lipinski definition) is 0. The number of ketones is 2. The van der Waals surface area contributed by atoms with E-state index in [2.05, 4.69) is 15.9 Å². The van der Waals surface area contributed by atoms with Crippen molar-refractivity contribution >= 4 is 33.5 Å². The summed E-state index contributed by atoms with van der Waals surface area (Å²) in [6.45, 7) is 3.28.